The van der Waals surface area contributed by atoms with Gasteiger partial charge in [0.1, 0.15) is 5.02 Å². The fourth-order valence-corrected chi connectivity index (χ4v) is 5.35. The molecule has 1 heterocycles. The minimum atomic E-state index is -0.815. The Hall–Kier alpha value is -1.08. The highest BCUT2D eigenvalue weighted by Gasteiger charge is 2.26. The third-order valence-corrected chi connectivity index (χ3v) is 7.34. The highest BCUT2D eigenvalue weighted by molar-refractivity contribution is 7.85. The molecule has 3 unspecified atom stereocenters. The summed E-state index contributed by atoms with van der Waals surface area (Å²) in [6.45, 7) is 1.94. The van der Waals surface area contributed by atoms with Crippen LogP contribution in [0.4, 0.5) is 5.69 Å². The molecule has 146 valence electrons. The predicted molar refractivity (Wildman–Crippen MR) is 113 cm³/mol. The summed E-state index contributed by atoms with van der Waals surface area (Å²) in [6, 6.07) is 4.91. The van der Waals surface area contributed by atoms with E-state index in [0.29, 0.717) is 27.2 Å². The molecule has 1 saturated carbocycles. The maximum Gasteiger partial charge on any atom is 0.292 e. The van der Waals surface area contributed by atoms with Gasteiger partial charge in [-0.05, 0) is 37.5 Å². The molecule has 0 radical (unpaired) electrons. The zero-order valence-electron chi connectivity index (χ0n) is 14.8. The topological polar surface area (TPSA) is 64.0 Å². The Morgan fingerprint density at radius 3 is 2.78 bits per heavy atom. The molecule has 0 spiro atoms. The van der Waals surface area contributed by atoms with Crippen molar-refractivity contribution in [2.24, 2.45) is 0 Å². The van der Waals surface area contributed by atoms with Crippen molar-refractivity contribution in [3.63, 3.8) is 0 Å². The molecule has 1 aromatic heterocycles. The minimum Gasteiger partial charge on any atom is -0.380 e. The number of hydrogen-bond acceptors (Lipinski definition) is 4. The summed E-state index contributed by atoms with van der Waals surface area (Å²) in [4.78, 5) is 12.7. The van der Waals surface area contributed by atoms with Crippen LogP contribution in [0.5, 0.6) is 0 Å². The molecule has 1 N–H and O–H groups in total. The van der Waals surface area contributed by atoms with E-state index in [2.05, 4.69) is 10.4 Å². The SMILES string of the molecule is CCS(=O)C1CCCC(Nc2cnn(-c3ccc(Cl)cc3Cl)c(=O)c2Cl)C1. The van der Waals surface area contributed by atoms with Crippen molar-refractivity contribution in [2.75, 3.05) is 11.1 Å². The first-order valence-corrected chi connectivity index (χ1v) is 11.3. The van der Waals surface area contributed by atoms with Gasteiger partial charge in [0, 0.05) is 32.9 Å². The lowest BCUT2D eigenvalue weighted by Gasteiger charge is -2.29. The number of nitrogens with one attached hydrogen (secondary N) is 1. The Kier molecular flexibility index (Phi) is 6.84. The number of anilines is 1. The van der Waals surface area contributed by atoms with Crippen LogP contribution in [0.1, 0.15) is 32.6 Å². The molecule has 0 aliphatic heterocycles. The number of nitrogens with zero attached hydrogens (tertiary/aromatic N) is 2. The van der Waals surface area contributed by atoms with E-state index >= 15 is 0 Å². The van der Waals surface area contributed by atoms with Crippen LogP contribution in [0.15, 0.2) is 29.2 Å². The van der Waals surface area contributed by atoms with Gasteiger partial charge in [-0.2, -0.15) is 9.78 Å². The smallest absolute Gasteiger partial charge is 0.292 e. The lowest BCUT2D eigenvalue weighted by atomic mass is 9.95. The van der Waals surface area contributed by atoms with Crippen LogP contribution in [-0.4, -0.2) is 31.0 Å². The van der Waals surface area contributed by atoms with Crippen LogP contribution in [-0.2, 0) is 10.8 Å². The van der Waals surface area contributed by atoms with Crippen molar-refractivity contribution in [3.05, 3.63) is 49.8 Å². The second kappa shape index (κ2) is 8.95. The highest BCUT2D eigenvalue weighted by Crippen LogP contribution is 2.28. The third kappa shape index (κ3) is 4.67. The van der Waals surface area contributed by atoms with Crippen molar-refractivity contribution in [1.82, 2.24) is 9.78 Å². The van der Waals surface area contributed by atoms with Gasteiger partial charge in [0.25, 0.3) is 5.56 Å². The van der Waals surface area contributed by atoms with Gasteiger partial charge in [-0.1, -0.05) is 48.1 Å². The number of halogens is 3. The monoisotopic (exact) mass is 447 g/mol. The van der Waals surface area contributed by atoms with Gasteiger partial charge in [0.05, 0.1) is 22.6 Å². The lowest BCUT2D eigenvalue weighted by molar-refractivity contribution is 0.465. The van der Waals surface area contributed by atoms with Crippen molar-refractivity contribution < 1.29 is 4.21 Å². The fraction of sp³-hybridized carbons (Fsp3) is 0.444. The van der Waals surface area contributed by atoms with Crippen molar-refractivity contribution >= 4 is 51.3 Å². The van der Waals surface area contributed by atoms with Crippen LogP contribution in [0, 0.1) is 0 Å². The largest absolute Gasteiger partial charge is 0.380 e. The Morgan fingerprint density at radius 1 is 1.30 bits per heavy atom. The Morgan fingerprint density at radius 2 is 2.07 bits per heavy atom. The van der Waals surface area contributed by atoms with Gasteiger partial charge in [0.2, 0.25) is 0 Å². The molecule has 1 fully saturated rings. The van der Waals surface area contributed by atoms with Crippen LogP contribution in [0.2, 0.25) is 15.1 Å². The van der Waals surface area contributed by atoms with Crippen LogP contribution >= 0.6 is 34.8 Å². The molecule has 3 rings (SSSR count). The Bertz CT molecular complexity index is 919. The molecule has 2 aromatic rings. The summed E-state index contributed by atoms with van der Waals surface area (Å²) in [5, 5.41) is 8.52. The first-order valence-electron chi connectivity index (χ1n) is 8.77. The molecular weight excluding hydrogens is 429 g/mol. The van der Waals surface area contributed by atoms with E-state index < -0.39 is 16.4 Å². The van der Waals surface area contributed by atoms with E-state index in [0.717, 1.165) is 30.4 Å². The average Bonchev–Trinajstić information content (AvgIpc) is 2.66. The van der Waals surface area contributed by atoms with Crippen molar-refractivity contribution in [1.29, 1.82) is 0 Å². The standard InChI is InChI=1S/C18H20Cl3N3O2S/c1-2-27(26)13-5-3-4-12(9-13)23-15-10-22-24(18(25)17(15)21)16-7-6-11(19)8-14(16)20/h6-8,10,12-13,23H,2-5,9H2,1H3. The minimum absolute atomic E-state index is 0.0507. The molecular formula is C18H20Cl3N3O2S. The number of hydrogen-bond donors (Lipinski definition) is 1. The molecule has 3 atom stereocenters. The second-order valence-corrected chi connectivity index (χ2v) is 9.71. The summed E-state index contributed by atoms with van der Waals surface area (Å²) in [5.74, 6) is 0.664. The fourth-order valence-electron chi connectivity index (χ4n) is 3.33. The maximum absolute atomic E-state index is 12.7. The van der Waals surface area contributed by atoms with Gasteiger partial charge in [-0.3, -0.25) is 9.00 Å². The summed E-state index contributed by atoms with van der Waals surface area (Å²) >= 11 is 18.4. The van der Waals surface area contributed by atoms with Crippen molar-refractivity contribution in [3.8, 4) is 5.69 Å². The molecule has 0 saturated heterocycles. The van der Waals surface area contributed by atoms with Gasteiger partial charge >= 0.3 is 0 Å². The van der Waals surface area contributed by atoms with E-state index in [1.54, 1.807) is 18.2 Å². The van der Waals surface area contributed by atoms with Gasteiger partial charge in [-0.25, -0.2) is 0 Å². The summed E-state index contributed by atoms with van der Waals surface area (Å²) in [5.41, 5.74) is 0.432. The zero-order valence-corrected chi connectivity index (χ0v) is 17.8. The quantitative estimate of drug-likeness (QED) is 0.721. The maximum atomic E-state index is 12.7. The molecule has 0 amide bonds. The first kappa shape index (κ1) is 20.6. The zero-order chi connectivity index (χ0) is 19.6. The number of aromatic nitrogens is 2. The molecule has 5 nitrogen and oxygen atoms in total. The highest BCUT2D eigenvalue weighted by atomic mass is 35.5. The molecule has 1 aliphatic carbocycles. The number of benzene rings is 1. The summed E-state index contributed by atoms with van der Waals surface area (Å²) in [6.07, 6.45) is 5.23. The number of rotatable bonds is 5. The molecule has 1 aliphatic rings. The molecule has 9 heteroatoms. The van der Waals surface area contributed by atoms with Crippen LogP contribution < -0.4 is 10.9 Å². The van der Waals surface area contributed by atoms with Crippen LogP contribution in [0.3, 0.4) is 0 Å². The van der Waals surface area contributed by atoms with Crippen LogP contribution in [0.25, 0.3) is 5.69 Å². The molecule has 0 bridgehead atoms. The summed E-state index contributed by atoms with van der Waals surface area (Å²) < 4.78 is 13.3. The van der Waals surface area contributed by atoms with Gasteiger partial charge in [-0.15, -0.1) is 0 Å². The molecule has 27 heavy (non-hydrogen) atoms. The lowest BCUT2D eigenvalue weighted by Crippen LogP contribution is -2.34. The first-order chi connectivity index (χ1) is 12.9. The van der Waals surface area contributed by atoms with Gasteiger partial charge in [0.15, 0.2) is 0 Å². The van der Waals surface area contributed by atoms with E-state index in [-0.39, 0.29) is 16.3 Å². The molecule has 1 aromatic carbocycles. The van der Waals surface area contributed by atoms with E-state index in [1.807, 2.05) is 6.92 Å². The summed E-state index contributed by atoms with van der Waals surface area (Å²) in [7, 11) is -0.815. The predicted octanol–water partition coefficient (Wildman–Crippen LogP) is 4.68. The Labute approximate surface area is 175 Å². The van der Waals surface area contributed by atoms with E-state index in [4.69, 9.17) is 34.8 Å². The Balaban J connectivity index is 1.83. The van der Waals surface area contributed by atoms with E-state index in [9.17, 15) is 9.00 Å². The average molecular weight is 449 g/mol. The van der Waals surface area contributed by atoms with Gasteiger partial charge < -0.3 is 5.32 Å². The van der Waals surface area contributed by atoms with Crippen molar-refractivity contribution in [2.45, 2.75) is 43.9 Å². The normalized spacial score (nSPS) is 21.0. The third-order valence-electron chi connectivity index (χ3n) is 4.70. The van der Waals surface area contributed by atoms with E-state index in [1.165, 1.54) is 6.20 Å². The second-order valence-electron chi connectivity index (χ2n) is 6.48.